The molecule has 1 atom stereocenters. The Kier molecular flexibility index (Phi) is 5.39. The molecule has 5 nitrogen and oxygen atoms in total. The van der Waals surface area contributed by atoms with Crippen LogP contribution in [-0.2, 0) is 19.7 Å². The van der Waals surface area contributed by atoms with Gasteiger partial charge in [0, 0.05) is 30.6 Å². The second-order valence-corrected chi connectivity index (χ2v) is 9.10. The molecule has 170 valence electrons. The maximum atomic E-state index is 12.8. The molecular formula is C28H24ClN3O2. The van der Waals surface area contributed by atoms with E-state index in [9.17, 15) is 9.90 Å². The molecule has 34 heavy (non-hydrogen) atoms. The highest BCUT2D eigenvalue weighted by molar-refractivity contribution is 6.30. The number of hydrogen-bond acceptors (Lipinski definition) is 3. The van der Waals surface area contributed by atoms with Crippen LogP contribution >= 0.6 is 11.6 Å². The van der Waals surface area contributed by atoms with E-state index < -0.39 is 5.60 Å². The monoisotopic (exact) mass is 469 g/mol. The van der Waals surface area contributed by atoms with E-state index >= 15 is 0 Å². The highest BCUT2D eigenvalue weighted by atomic mass is 35.5. The van der Waals surface area contributed by atoms with Gasteiger partial charge < -0.3 is 14.2 Å². The van der Waals surface area contributed by atoms with Crippen molar-refractivity contribution in [1.29, 1.82) is 0 Å². The zero-order valence-electron chi connectivity index (χ0n) is 19.2. The van der Waals surface area contributed by atoms with Crippen molar-refractivity contribution in [3.63, 3.8) is 0 Å². The quantitative estimate of drug-likeness (QED) is 0.394. The highest BCUT2D eigenvalue weighted by Crippen LogP contribution is 2.39. The number of benzene rings is 3. The maximum Gasteiger partial charge on any atom is 0.251 e. The average molecular weight is 470 g/mol. The summed E-state index contributed by atoms with van der Waals surface area (Å²) in [5.74, 6) is 0. The second kappa shape index (κ2) is 8.28. The van der Waals surface area contributed by atoms with Gasteiger partial charge in [-0.05, 0) is 53.4 Å². The fourth-order valence-corrected chi connectivity index (χ4v) is 4.64. The molecule has 5 aromatic rings. The number of rotatable bonds is 4. The first-order valence-electron chi connectivity index (χ1n) is 11.0. The van der Waals surface area contributed by atoms with E-state index in [4.69, 9.17) is 11.6 Å². The standard InChI is InChI=1S/C28H24ClN3O2/c1-18-4-6-19(7-5-18)23-15-27(33)32(3)25-13-10-21(14-24(23)25)28(34,26-16-30-17-31(26)2)20-8-11-22(29)12-9-20/h4-17,34H,1-3H3. The Hall–Kier alpha value is -3.67. The smallest absolute Gasteiger partial charge is 0.251 e. The van der Waals surface area contributed by atoms with Crippen LogP contribution < -0.4 is 5.56 Å². The molecule has 2 aromatic heterocycles. The zero-order chi connectivity index (χ0) is 24.0. The Bertz CT molecular complexity index is 1570. The summed E-state index contributed by atoms with van der Waals surface area (Å²) < 4.78 is 3.43. The number of aryl methyl sites for hydroxylation is 3. The predicted octanol–water partition coefficient (Wildman–Crippen LogP) is 5.19. The average Bonchev–Trinajstić information content (AvgIpc) is 3.28. The molecule has 0 radical (unpaired) electrons. The van der Waals surface area contributed by atoms with Gasteiger partial charge in [0.15, 0.2) is 5.60 Å². The molecule has 0 fully saturated rings. The van der Waals surface area contributed by atoms with E-state index in [0.717, 1.165) is 27.6 Å². The number of imidazole rings is 1. The number of hydrogen-bond donors (Lipinski definition) is 1. The SMILES string of the molecule is Cc1ccc(-c2cc(=O)n(C)c3ccc(C(O)(c4ccc(Cl)cc4)c4cncn4C)cc23)cc1. The molecular weight excluding hydrogens is 446 g/mol. The molecule has 6 heteroatoms. The molecule has 0 amide bonds. The number of halogens is 1. The Balaban J connectivity index is 1.83. The maximum absolute atomic E-state index is 12.8. The molecule has 0 aliphatic carbocycles. The van der Waals surface area contributed by atoms with Crippen LogP contribution in [0.15, 0.2) is 90.1 Å². The summed E-state index contributed by atoms with van der Waals surface area (Å²) in [7, 11) is 3.61. The Morgan fingerprint density at radius 3 is 2.24 bits per heavy atom. The first-order valence-corrected chi connectivity index (χ1v) is 11.3. The zero-order valence-corrected chi connectivity index (χ0v) is 19.9. The normalized spacial score (nSPS) is 13.2. The number of fused-ring (bicyclic) bond motifs is 1. The summed E-state index contributed by atoms with van der Waals surface area (Å²) >= 11 is 6.14. The highest BCUT2D eigenvalue weighted by Gasteiger charge is 2.37. The van der Waals surface area contributed by atoms with Gasteiger partial charge >= 0.3 is 0 Å². The van der Waals surface area contributed by atoms with Gasteiger partial charge in [-0.15, -0.1) is 0 Å². The van der Waals surface area contributed by atoms with Crippen LogP contribution in [-0.4, -0.2) is 19.2 Å². The Morgan fingerprint density at radius 2 is 1.59 bits per heavy atom. The van der Waals surface area contributed by atoms with Gasteiger partial charge in [-0.1, -0.05) is 59.6 Å². The third kappa shape index (κ3) is 3.54. The summed E-state index contributed by atoms with van der Waals surface area (Å²) in [6.07, 6.45) is 3.33. The van der Waals surface area contributed by atoms with E-state index in [1.165, 1.54) is 0 Å². The molecule has 3 aromatic carbocycles. The van der Waals surface area contributed by atoms with Gasteiger partial charge in [-0.3, -0.25) is 4.79 Å². The fraction of sp³-hybridized carbons (Fsp3) is 0.143. The first-order chi connectivity index (χ1) is 16.3. The topological polar surface area (TPSA) is 60.1 Å². The third-order valence-corrected chi connectivity index (χ3v) is 6.73. The van der Waals surface area contributed by atoms with Crippen LogP contribution in [0.4, 0.5) is 0 Å². The molecule has 0 spiro atoms. The van der Waals surface area contributed by atoms with E-state index in [0.29, 0.717) is 21.8 Å². The predicted molar refractivity (Wildman–Crippen MR) is 136 cm³/mol. The first kappa shape index (κ1) is 22.1. The van der Waals surface area contributed by atoms with Gasteiger partial charge in [0.2, 0.25) is 0 Å². The van der Waals surface area contributed by atoms with Crippen molar-refractivity contribution in [2.45, 2.75) is 12.5 Å². The largest absolute Gasteiger partial charge is 0.374 e. The van der Waals surface area contributed by atoms with Crippen LogP contribution in [0.2, 0.25) is 5.02 Å². The van der Waals surface area contributed by atoms with Crippen molar-refractivity contribution < 1.29 is 5.11 Å². The molecule has 5 rings (SSSR count). The van der Waals surface area contributed by atoms with Crippen LogP contribution in [0, 0.1) is 6.92 Å². The van der Waals surface area contributed by atoms with Crippen molar-refractivity contribution in [1.82, 2.24) is 14.1 Å². The molecule has 0 bridgehead atoms. The summed E-state index contributed by atoms with van der Waals surface area (Å²) in [6.45, 7) is 2.03. The van der Waals surface area contributed by atoms with Gasteiger partial charge in [-0.2, -0.15) is 0 Å². The van der Waals surface area contributed by atoms with Crippen LogP contribution in [0.5, 0.6) is 0 Å². The van der Waals surface area contributed by atoms with Crippen LogP contribution in [0.25, 0.3) is 22.0 Å². The number of pyridine rings is 1. The summed E-state index contributed by atoms with van der Waals surface area (Å²) in [5, 5.41) is 13.8. The minimum atomic E-state index is -1.48. The minimum absolute atomic E-state index is 0.0876. The minimum Gasteiger partial charge on any atom is -0.374 e. The lowest BCUT2D eigenvalue weighted by Crippen LogP contribution is -2.31. The van der Waals surface area contributed by atoms with Crippen LogP contribution in [0.1, 0.15) is 22.4 Å². The molecule has 2 heterocycles. The van der Waals surface area contributed by atoms with E-state index in [-0.39, 0.29) is 5.56 Å². The molecule has 0 aliphatic heterocycles. The van der Waals surface area contributed by atoms with E-state index in [1.54, 1.807) is 46.9 Å². The van der Waals surface area contributed by atoms with Crippen molar-refractivity contribution in [2.75, 3.05) is 0 Å². The lowest BCUT2D eigenvalue weighted by atomic mass is 9.82. The van der Waals surface area contributed by atoms with Crippen molar-refractivity contribution in [3.8, 4) is 11.1 Å². The third-order valence-electron chi connectivity index (χ3n) is 6.48. The van der Waals surface area contributed by atoms with Crippen LogP contribution in [0.3, 0.4) is 0 Å². The Morgan fingerprint density at radius 1 is 0.912 bits per heavy atom. The van der Waals surface area contributed by atoms with E-state index in [2.05, 4.69) is 4.98 Å². The molecule has 0 aliphatic rings. The van der Waals surface area contributed by atoms with Gasteiger partial charge in [-0.25, -0.2) is 4.98 Å². The number of nitrogens with zero attached hydrogens (tertiary/aromatic N) is 3. The van der Waals surface area contributed by atoms with E-state index in [1.807, 2.05) is 68.6 Å². The number of aromatic nitrogens is 3. The second-order valence-electron chi connectivity index (χ2n) is 8.66. The summed E-state index contributed by atoms with van der Waals surface area (Å²) in [6, 6.07) is 22.6. The van der Waals surface area contributed by atoms with Crippen molar-refractivity contribution >= 4 is 22.5 Å². The van der Waals surface area contributed by atoms with Gasteiger partial charge in [0.25, 0.3) is 5.56 Å². The van der Waals surface area contributed by atoms with Crippen molar-refractivity contribution in [3.05, 3.63) is 123 Å². The molecule has 1 unspecified atom stereocenters. The fourth-order valence-electron chi connectivity index (χ4n) is 4.52. The van der Waals surface area contributed by atoms with Crippen molar-refractivity contribution in [2.24, 2.45) is 14.1 Å². The molecule has 1 N–H and O–H groups in total. The number of aliphatic hydroxyl groups is 1. The summed E-state index contributed by atoms with van der Waals surface area (Å²) in [5.41, 5.74) is 4.08. The molecule has 0 saturated heterocycles. The summed E-state index contributed by atoms with van der Waals surface area (Å²) in [4.78, 5) is 17.0. The lowest BCUT2D eigenvalue weighted by molar-refractivity contribution is 0.117. The van der Waals surface area contributed by atoms with Gasteiger partial charge in [0.1, 0.15) is 0 Å². The molecule has 0 saturated carbocycles. The van der Waals surface area contributed by atoms with Gasteiger partial charge in [0.05, 0.1) is 23.7 Å². The lowest BCUT2D eigenvalue weighted by Gasteiger charge is -2.30. The Labute approximate surface area is 202 Å².